The highest BCUT2D eigenvalue weighted by Crippen LogP contribution is 2.17. The fourth-order valence-corrected chi connectivity index (χ4v) is 2.44. The highest BCUT2D eigenvalue weighted by atomic mass is 17.1. The lowest BCUT2D eigenvalue weighted by Crippen LogP contribution is -2.20. The van der Waals surface area contributed by atoms with Crippen LogP contribution in [0, 0.1) is 5.92 Å². The first-order valence-electron chi connectivity index (χ1n) is 9.74. The van der Waals surface area contributed by atoms with E-state index in [9.17, 15) is 9.59 Å². The second-order valence-corrected chi connectivity index (χ2v) is 7.64. The second kappa shape index (κ2) is 14.3. The van der Waals surface area contributed by atoms with Gasteiger partial charge in [0.1, 0.15) is 12.2 Å². The zero-order valence-corrected chi connectivity index (χ0v) is 17.9. The topological polar surface area (TPSA) is 93.1 Å². The Balaban J connectivity index is 4.60. The highest BCUT2D eigenvalue weighted by Gasteiger charge is 2.16. The van der Waals surface area contributed by atoms with Crippen molar-refractivity contribution in [1.29, 1.82) is 0 Å². The lowest BCUT2D eigenvalue weighted by Gasteiger charge is -2.15. The third-order valence-corrected chi connectivity index (χ3v) is 4.38. The van der Waals surface area contributed by atoms with Crippen molar-refractivity contribution >= 4 is 11.8 Å². The van der Waals surface area contributed by atoms with Crippen LogP contribution in [-0.2, 0) is 19.2 Å². The molecule has 0 aromatic carbocycles. The van der Waals surface area contributed by atoms with E-state index in [2.05, 4.69) is 11.0 Å². The van der Waals surface area contributed by atoms with Crippen LogP contribution in [0.2, 0.25) is 0 Å². The van der Waals surface area contributed by atoms with Gasteiger partial charge in [0.05, 0.1) is 6.61 Å². The quantitative estimate of drug-likeness (QED) is 0.149. The SMILES string of the molecule is CC(=O)OC/C(=C\CC/C(C)=C\CO)CCC[C@H](C)C(=O)/C=C/C(C)(C)OO. The van der Waals surface area contributed by atoms with Gasteiger partial charge in [0.25, 0.3) is 0 Å². The largest absolute Gasteiger partial charge is 0.461 e. The molecule has 0 spiro atoms. The Labute approximate surface area is 168 Å². The van der Waals surface area contributed by atoms with E-state index in [0.29, 0.717) is 6.42 Å². The average Bonchev–Trinajstić information content (AvgIpc) is 2.63. The fraction of sp³-hybridized carbons (Fsp3) is 0.636. The van der Waals surface area contributed by atoms with Crippen molar-refractivity contribution in [3.05, 3.63) is 35.5 Å². The number of carbonyl (C=O) groups is 2. The molecule has 0 aromatic heterocycles. The van der Waals surface area contributed by atoms with Gasteiger partial charge in [0.2, 0.25) is 0 Å². The Bertz CT molecular complexity index is 572. The van der Waals surface area contributed by atoms with E-state index < -0.39 is 5.60 Å². The number of rotatable bonds is 14. The van der Waals surface area contributed by atoms with Crippen LogP contribution in [0.1, 0.15) is 66.7 Å². The van der Waals surface area contributed by atoms with Gasteiger partial charge >= 0.3 is 5.97 Å². The van der Waals surface area contributed by atoms with E-state index in [4.69, 9.17) is 15.1 Å². The van der Waals surface area contributed by atoms with Gasteiger partial charge < -0.3 is 9.84 Å². The van der Waals surface area contributed by atoms with Crippen molar-refractivity contribution < 1.29 is 29.6 Å². The van der Waals surface area contributed by atoms with E-state index >= 15 is 0 Å². The first kappa shape index (κ1) is 26.2. The molecule has 6 heteroatoms. The van der Waals surface area contributed by atoms with Crippen molar-refractivity contribution in [3.63, 3.8) is 0 Å². The Morgan fingerprint density at radius 1 is 1.14 bits per heavy atom. The number of carbonyl (C=O) groups excluding carboxylic acids is 2. The van der Waals surface area contributed by atoms with Crippen LogP contribution < -0.4 is 0 Å². The maximum absolute atomic E-state index is 12.2. The van der Waals surface area contributed by atoms with E-state index in [-0.39, 0.29) is 30.9 Å². The molecule has 0 aromatic rings. The number of allylic oxidation sites excluding steroid dienone is 3. The van der Waals surface area contributed by atoms with Gasteiger partial charge in [-0.3, -0.25) is 14.8 Å². The summed E-state index contributed by atoms with van der Waals surface area (Å²) in [5, 5.41) is 17.7. The predicted octanol–water partition coefficient (Wildman–Crippen LogP) is 4.39. The number of aliphatic hydroxyl groups is 1. The Hall–Kier alpha value is -1.76. The van der Waals surface area contributed by atoms with Crippen molar-refractivity contribution in [2.45, 2.75) is 72.3 Å². The maximum atomic E-state index is 12.2. The molecule has 1 atom stereocenters. The molecule has 160 valence electrons. The van der Waals surface area contributed by atoms with Gasteiger partial charge in [-0.05, 0) is 70.6 Å². The van der Waals surface area contributed by atoms with Crippen LogP contribution >= 0.6 is 0 Å². The molecule has 0 saturated carbocycles. The molecule has 28 heavy (non-hydrogen) atoms. The number of ether oxygens (including phenoxy) is 1. The average molecular weight is 397 g/mol. The summed E-state index contributed by atoms with van der Waals surface area (Å²) in [6.07, 6.45) is 10.8. The Kier molecular flexibility index (Phi) is 13.4. The lowest BCUT2D eigenvalue weighted by molar-refractivity contribution is -0.297. The molecule has 0 aliphatic heterocycles. The third-order valence-electron chi connectivity index (χ3n) is 4.38. The van der Waals surface area contributed by atoms with Crippen LogP contribution in [-0.4, -0.2) is 40.9 Å². The summed E-state index contributed by atoms with van der Waals surface area (Å²) in [6.45, 7) is 8.85. The van der Waals surface area contributed by atoms with Gasteiger partial charge in [-0.15, -0.1) is 0 Å². The zero-order valence-electron chi connectivity index (χ0n) is 17.9. The molecule has 2 N–H and O–H groups in total. The standard InChI is InChI=1S/C22H36O6/c1-17(13-15-23)8-6-10-20(16-27-19(3)24)11-7-9-18(2)21(25)12-14-22(4,5)28-26/h10,12-14,18,23,26H,6-9,11,15-16H2,1-5H3/b14-12+,17-13-,20-10-/t18-/m0/s1. The van der Waals surface area contributed by atoms with Crippen LogP contribution in [0.15, 0.2) is 35.5 Å². The van der Waals surface area contributed by atoms with Gasteiger partial charge in [0, 0.05) is 12.8 Å². The molecule has 0 bridgehead atoms. The van der Waals surface area contributed by atoms with Gasteiger partial charge in [-0.1, -0.05) is 24.6 Å². The van der Waals surface area contributed by atoms with E-state index in [1.54, 1.807) is 26.0 Å². The van der Waals surface area contributed by atoms with Gasteiger partial charge in [0.15, 0.2) is 5.78 Å². The fourth-order valence-electron chi connectivity index (χ4n) is 2.44. The molecule has 0 radical (unpaired) electrons. The number of hydrogen-bond donors (Lipinski definition) is 2. The third kappa shape index (κ3) is 13.4. The second-order valence-electron chi connectivity index (χ2n) is 7.64. The van der Waals surface area contributed by atoms with Crippen molar-refractivity contribution in [2.24, 2.45) is 5.92 Å². The number of aliphatic hydroxyl groups excluding tert-OH is 1. The summed E-state index contributed by atoms with van der Waals surface area (Å²) in [4.78, 5) is 27.6. The molecule has 0 fully saturated rings. The number of ketones is 1. The summed E-state index contributed by atoms with van der Waals surface area (Å²) in [6, 6.07) is 0. The predicted molar refractivity (Wildman–Crippen MR) is 110 cm³/mol. The summed E-state index contributed by atoms with van der Waals surface area (Å²) < 4.78 is 5.12. The van der Waals surface area contributed by atoms with Crippen molar-refractivity contribution in [3.8, 4) is 0 Å². The molecule has 0 aliphatic rings. The summed E-state index contributed by atoms with van der Waals surface area (Å²) in [5.74, 6) is -0.472. The first-order chi connectivity index (χ1) is 13.1. The van der Waals surface area contributed by atoms with Crippen LogP contribution in [0.3, 0.4) is 0 Å². The molecular formula is C22H36O6. The molecule has 0 unspecified atom stereocenters. The van der Waals surface area contributed by atoms with Crippen molar-refractivity contribution in [2.75, 3.05) is 13.2 Å². The number of hydrogen-bond acceptors (Lipinski definition) is 6. The summed E-state index contributed by atoms with van der Waals surface area (Å²) >= 11 is 0. The first-order valence-corrected chi connectivity index (χ1v) is 9.74. The van der Waals surface area contributed by atoms with Gasteiger partial charge in [-0.25, -0.2) is 4.89 Å². The number of esters is 1. The van der Waals surface area contributed by atoms with Crippen LogP contribution in [0.4, 0.5) is 0 Å². The monoisotopic (exact) mass is 396 g/mol. The Morgan fingerprint density at radius 2 is 1.82 bits per heavy atom. The smallest absolute Gasteiger partial charge is 0.302 e. The lowest BCUT2D eigenvalue weighted by atomic mass is 9.96. The zero-order chi connectivity index (χ0) is 21.6. The molecule has 0 heterocycles. The van der Waals surface area contributed by atoms with Crippen LogP contribution in [0.25, 0.3) is 0 Å². The van der Waals surface area contributed by atoms with Gasteiger partial charge in [-0.2, -0.15) is 0 Å². The molecular weight excluding hydrogens is 360 g/mol. The van der Waals surface area contributed by atoms with E-state index in [0.717, 1.165) is 36.8 Å². The Morgan fingerprint density at radius 3 is 2.39 bits per heavy atom. The summed E-state index contributed by atoms with van der Waals surface area (Å²) in [7, 11) is 0. The minimum absolute atomic E-state index is 0.0135. The van der Waals surface area contributed by atoms with Crippen LogP contribution in [0.5, 0.6) is 0 Å². The molecule has 0 rings (SSSR count). The molecule has 0 amide bonds. The molecule has 0 saturated heterocycles. The maximum Gasteiger partial charge on any atom is 0.302 e. The van der Waals surface area contributed by atoms with E-state index in [1.807, 2.05) is 13.8 Å². The molecule has 0 aliphatic carbocycles. The minimum Gasteiger partial charge on any atom is -0.461 e. The normalized spacial score (nSPS) is 14.4. The van der Waals surface area contributed by atoms with Crippen molar-refractivity contribution in [1.82, 2.24) is 0 Å². The summed E-state index contributed by atoms with van der Waals surface area (Å²) in [5.41, 5.74) is 1.26. The minimum atomic E-state index is -0.891. The van der Waals surface area contributed by atoms with E-state index in [1.165, 1.54) is 13.0 Å². The highest BCUT2D eigenvalue weighted by molar-refractivity contribution is 5.91. The molecule has 6 nitrogen and oxygen atoms in total.